The van der Waals surface area contributed by atoms with Gasteiger partial charge in [0.1, 0.15) is 12.4 Å². The van der Waals surface area contributed by atoms with Crippen molar-refractivity contribution in [3.05, 3.63) is 58.1 Å². The van der Waals surface area contributed by atoms with E-state index in [1.165, 1.54) is 28.8 Å². The molecule has 0 heterocycles. The highest BCUT2D eigenvalue weighted by Gasteiger charge is 2.09. The molecule has 0 radical (unpaired) electrons. The maximum absolute atomic E-state index is 10.9. The van der Waals surface area contributed by atoms with Gasteiger partial charge in [-0.3, -0.25) is 0 Å². The van der Waals surface area contributed by atoms with Crippen LogP contribution in [0.5, 0.6) is 5.75 Å². The predicted molar refractivity (Wildman–Crippen MR) is 82.8 cm³/mol. The minimum Gasteiger partial charge on any atom is -0.487 e. The van der Waals surface area contributed by atoms with E-state index in [1.54, 1.807) is 6.07 Å². The van der Waals surface area contributed by atoms with Gasteiger partial charge in [0.2, 0.25) is 0 Å². The minimum absolute atomic E-state index is 0.155. The molecule has 0 aliphatic rings. The standard InChI is InChI=1S/C17H19NO3/c1-10-6-11(2)14(12(3)7-10)9-21-16-5-4-13(17(19)20)8-15(16)18/h4-8H,9,18H2,1-3H3,(H,19,20). The molecule has 110 valence electrons. The fourth-order valence-corrected chi connectivity index (χ4v) is 2.40. The summed E-state index contributed by atoms with van der Waals surface area (Å²) in [5.41, 5.74) is 11.0. The Balaban J connectivity index is 2.19. The molecule has 0 saturated heterocycles. The lowest BCUT2D eigenvalue weighted by molar-refractivity contribution is 0.0697. The van der Waals surface area contributed by atoms with Crippen molar-refractivity contribution in [2.75, 3.05) is 5.73 Å². The molecule has 2 aromatic carbocycles. The van der Waals surface area contributed by atoms with E-state index in [2.05, 4.69) is 32.9 Å². The number of nitrogen functional groups attached to an aromatic ring is 1. The Morgan fingerprint density at radius 3 is 2.29 bits per heavy atom. The molecule has 0 aliphatic carbocycles. The zero-order valence-corrected chi connectivity index (χ0v) is 12.4. The fraction of sp³-hybridized carbons (Fsp3) is 0.235. The van der Waals surface area contributed by atoms with Crippen molar-refractivity contribution >= 4 is 11.7 Å². The van der Waals surface area contributed by atoms with Crippen molar-refractivity contribution in [1.82, 2.24) is 0 Å². The molecule has 0 amide bonds. The van der Waals surface area contributed by atoms with Crippen molar-refractivity contribution in [3.63, 3.8) is 0 Å². The number of nitrogens with two attached hydrogens (primary N) is 1. The Morgan fingerprint density at radius 2 is 1.76 bits per heavy atom. The quantitative estimate of drug-likeness (QED) is 0.844. The monoisotopic (exact) mass is 285 g/mol. The van der Waals surface area contributed by atoms with Crippen LogP contribution < -0.4 is 10.5 Å². The van der Waals surface area contributed by atoms with Gasteiger partial charge in [0.25, 0.3) is 0 Å². The summed E-state index contributed by atoms with van der Waals surface area (Å²) in [5.74, 6) is -0.502. The van der Waals surface area contributed by atoms with Crippen LogP contribution in [-0.2, 0) is 6.61 Å². The third-order valence-electron chi connectivity index (χ3n) is 3.47. The van der Waals surface area contributed by atoms with Gasteiger partial charge in [-0.1, -0.05) is 17.7 Å². The Bertz CT molecular complexity index is 669. The molecule has 0 fully saturated rings. The summed E-state index contributed by atoms with van der Waals surface area (Å²) >= 11 is 0. The van der Waals surface area contributed by atoms with Gasteiger partial charge in [-0.2, -0.15) is 0 Å². The summed E-state index contributed by atoms with van der Waals surface area (Å²) in [6, 6.07) is 8.72. The smallest absolute Gasteiger partial charge is 0.335 e. The van der Waals surface area contributed by atoms with Gasteiger partial charge in [0, 0.05) is 0 Å². The highest BCUT2D eigenvalue weighted by molar-refractivity contribution is 5.89. The average Bonchev–Trinajstić information content (AvgIpc) is 2.38. The highest BCUT2D eigenvalue weighted by atomic mass is 16.5. The highest BCUT2D eigenvalue weighted by Crippen LogP contribution is 2.25. The minimum atomic E-state index is -1.00. The zero-order valence-electron chi connectivity index (χ0n) is 12.4. The topological polar surface area (TPSA) is 72.5 Å². The van der Waals surface area contributed by atoms with Gasteiger partial charge in [-0.05, 0) is 55.7 Å². The molecule has 3 N–H and O–H groups in total. The van der Waals surface area contributed by atoms with Crippen molar-refractivity contribution in [2.24, 2.45) is 0 Å². The molecular weight excluding hydrogens is 266 g/mol. The molecule has 0 spiro atoms. The summed E-state index contributed by atoms with van der Waals surface area (Å²) in [7, 11) is 0. The molecule has 0 aliphatic heterocycles. The number of rotatable bonds is 4. The van der Waals surface area contributed by atoms with Gasteiger partial charge < -0.3 is 15.6 Å². The van der Waals surface area contributed by atoms with E-state index < -0.39 is 5.97 Å². The molecule has 0 aromatic heterocycles. The van der Waals surface area contributed by atoms with Crippen LogP contribution in [0.25, 0.3) is 0 Å². The molecule has 0 saturated carbocycles. The Kier molecular flexibility index (Phi) is 4.17. The number of aromatic carboxylic acids is 1. The summed E-state index contributed by atoms with van der Waals surface area (Å²) in [4.78, 5) is 10.9. The number of carbonyl (C=O) groups is 1. The second kappa shape index (κ2) is 5.87. The van der Waals surface area contributed by atoms with Crippen LogP contribution in [0, 0.1) is 20.8 Å². The van der Waals surface area contributed by atoms with Crippen molar-refractivity contribution in [3.8, 4) is 5.75 Å². The number of ether oxygens (including phenoxy) is 1. The lowest BCUT2D eigenvalue weighted by Crippen LogP contribution is -2.04. The Morgan fingerprint density at radius 1 is 1.14 bits per heavy atom. The van der Waals surface area contributed by atoms with E-state index in [4.69, 9.17) is 15.6 Å². The van der Waals surface area contributed by atoms with Crippen molar-refractivity contribution < 1.29 is 14.6 Å². The van der Waals surface area contributed by atoms with Crippen LogP contribution in [0.1, 0.15) is 32.6 Å². The second-order valence-electron chi connectivity index (χ2n) is 5.22. The maximum Gasteiger partial charge on any atom is 0.335 e. The van der Waals surface area contributed by atoms with Gasteiger partial charge in [0.05, 0.1) is 11.3 Å². The van der Waals surface area contributed by atoms with Crippen molar-refractivity contribution in [2.45, 2.75) is 27.4 Å². The van der Waals surface area contributed by atoms with Crippen LogP contribution in [-0.4, -0.2) is 11.1 Å². The molecule has 2 rings (SSSR count). The van der Waals surface area contributed by atoms with Crippen LogP contribution >= 0.6 is 0 Å². The normalized spacial score (nSPS) is 10.4. The number of carboxylic acids is 1. The second-order valence-corrected chi connectivity index (χ2v) is 5.22. The number of anilines is 1. The first-order valence-electron chi connectivity index (χ1n) is 6.71. The SMILES string of the molecule is Cc1cc(C)c(COc2ccc(C(=O)O)cc2N)c(C)c1. The van der Waals surface area contributed by atoms with Gasteiger partial charge in [-0.25, -0.2) is 4.79 Å². The van der Waals surface area contributed by atoms with Crippen LogP contribution in [0.4, 0.5) is 5.69 Å². The Labute approximate surface area is 124 Å². The van der Waals surface area contributed by atoms with E-state index in [-0.39, 0.29) is 5.56 Å². The lowest BCUT2D eigenvalue weighted by atomic mass is 10.0. The number of hydrogen-bond donors (Lipinski definition) is 2. The van der Waals surface area contributed by atoms with E-state index in [9.17, 15) is 4.79 Å². The molecule has 0 unspecified atom stereocenters. The third-order valence-corrected chi connectivity index (χ3v) is 3.47. The summed E-state index contributed by atoms with van der Waals surface area (Å²) < 4.78 is 5.74. The largest absolute Gasteiger partial charge is 0.487 e. The molecule has 2 aromatic rings. The summed E-state index contributed by atoms with van der Waals surface area (Å²) in [5, 5.41) is 8.91. The first-order chi connectivity index (χ1) is 9.88. The summed E-state index contributed by atoms with van der Waals surface area (Å²) in [6.07, 6.45) is 0. The number of benzene rings is 2. The number of carboxylic acid groups (broad SMARTS) is 1. The maximum atomic E-state index is 10.9. The van der Waals surface area contributed by atoms with Crippen LogP contribution in [0.2, 0.25) is 0 Å². The molecule has 21 heavy (non-hydrogen) atoms. The van der Waals surface area contributed by atoms with Gasteiger partial charge >= 0.3 is 5.97 Å². The van der Waals surface area contributed by atoms with E-state index in [0.717, 1.165) is 5.56 Å². The van der Waals surface area contributed by atoms with E-state index >= 15 is 0 Å². The van der Waals surface area contributed by atoms with Crippen LogP contribution in [0.15, 0.2) is 30.3 Å². The van der Waals surface area contributed by atoms with E-state index in [1.807, 2.05) is 0 Å². The third kappa shape index (κ3) is 3.34. The fourth-order valence-electron chi connectivity index (χ4n) is 2.40. The van der Waals surface area contributed by atoms with E-state index in [0.29, 0.717) is 18.0 Å². The molecular formula is C17H19NO3. The average molecular weight is 285 g/mol. The van der Waals surface area contributed by atoms with Crippen molar-refractivity contribution in [1.29, 1.82) is 0 Å². The van der Waals surface area contributed by atoms with Gasteiger partial charge in [0.15, 0.2) is 0 Å². The predicted octanol–water partition coefficient (Wildman–Crippen LogP) is 3.47. The number of aryl methyl sites for hydroxylation is 3. The first kappa shape index (κ1) is 14.9. The molecule has 4 nitrogen and oxygen atoms in total. The zero-order chi connectivity index (χ0) is 15.6. The molecule has 4 heteroatoms. The Hall–Kier alpha value is -2.49. The van der Waals surface area contributed by atoms with Gasteiger partial charge in [-0.15, -0.1) is 0 Å². The lowest BCUT2D eigenvalue weighted by Gasteiger charge is -2.14. The first-order valence-corrected chi connectivity index (χ1v) is 6.71. The molecule has 0 atom stereocenters. The van der Waals surface area contributed by atoms with Crippen LogP contribution in [0.3, 0.4) is 0 Å². The number of hydrogen-bond acceptors (Lipinski definition) is 3. The molecule has 0 bridgehead atoms. The summed E-state index contributed by atoms with van der Waals surface area (Å²) in [6.45, 7) is 6.58.